The molecule has 0 aliphatic heterocycles. The standard InChI is InChI=1S/C18H12N6O3/c19-8-9-4-5-13(11(6-9)16-23-18(26)27-24-16)22-17(25)14-7-10-2-1-3-12(20)15(10)21-14/h1-7,21H,20H2,(H,22,25)(H,23,24,26). The van der Waals surface area contributed by atoms with E-state index in [-0.39, 0.29) is 5.82 Å². The molecule has 2 aromatic carbocycles. The maximum absolute atomic E-state index is 12.7. The van der Waals surface area contributed by atoms with Crippen LogP contribution < -0.4 is 16.8 Å². The summed E-state index contributed by atoms with van der Waals surface area (Å²) >= 11 is 0. The van der Waals surface area contributed by atoms with Crippen molar-refractivity contribution >= 4 is 28.2 Å². The number of amides is 1. The molecule has 2 heterocycles. The van der Waals surface area contributed by atoms with Gasteiger partial charge in [-0.3, -0.25) is 14.3 Å². The molecule has 0 aliphatic carbocycles. The second kappa shape index (κ2) is 6.20. The van der Waals surface area contributed by atoms with Crippen LogP contribution in [-0.2, 0) is 0 Å². The van der Waals surface area contributed by atoms with Crippen LogP contribution >= 0.6 is 0 Å². The van der Waals surface area contributed by atoms with Crippen molar-refractivity contribution in [3.05, 3.63) is 64.3 Å². The molecule has 9 heteroatoms. The highest BCUT2D eigenvalue weighted by atomic mass is 16.5. The summed E-state index contributed by atoms with van der Waals surface area (Å²) in [6, 6.07) is 13.6. The number of carbonyl (C=O) groups is 1. The Hall–Kier alpha value is -4.32. The van der Waals surface area contributed by atoms with Gasteiger partial charge in [-0.05, 0) is 30.3 Å². The molecule has 9 nitrogen and oxygen atoms in total. The van der Waals surface area contributed by atoms with Gasteiger partial charge in [0.05, 0.1) is 28.5 Å². The molecule has 0 unspecified atom stereocenters. The molecule has 5 N–H and O–H groups in total. The third-order valence-electron chi connectivity index (χ3n) is 4.03. The van der Waals surface area contributed by atoms with E-state index in [1.807, 2.05) is 12.1 Å². The number of carbonyl (C=O) groups excluding carboxylic acids is 1. The van der Waals surface area contributed by atoms with Crippen LogP contribution in [0.25, 0.3) is 22.3 Å². The molecule has 4 aromatic rings. The number of para-hydroxylation sites is 1. The lowest BCUT2D eigenvalue weighted by molar-refractivity contribution is 0.102. The molecule has 2 aromatic heterocycles. The van der Waals surface area contributed by atoms with Gasteiger partial charge in [-0.25, -0.2) is 4.79 Å². The van der Waals surface area contributed by atoms with Crippen LogP contribution in [0.1, 0.15) is 16.1 Å². The van der Waals surface area contributed by atoms with E-state index in [1.54, 1.807) is 30.3 Å². The summed E-state index contributed by atoms with van der Waals surface area (Å²) in [5.74, 6) is -1.05. The van der Waals surface area contributed by atoms with E-state index in [2.05, 4.69) is 25.0 Å². The molecule has 0 aliphatic rings. The smallest absolute Gasteiger partial charge is 0.397 e. The molecule has 0 radical (unpaired) electrons. The first-order valence-corrected chi connectivity index (χ1v) is 7.84. The maximum atomic E-state index is 12.7. The van der Waals surface area contributed by atoms with Gasteiger partial charge in [0.2, 0.25) is 0 Å². The number of nitrogen functional groups attached to an aromatic ring is 1. The first-order valence-electron chi connectivity index (χ1n) is 7.84. The second-order valence-electron chi connectivity index (χ2n) is 5.76. The van der Waals surface area contributed by atoms with E-state index in [1.165, 1.54) is 6.07 Å². The van der Waals surface area contributed by atoms with Crippen molar-refractivity contribution in [3.8, 4) is 17.5 Å². The molecule has 0 saturated carbocycles. The summed E-state index contributed by atoms with van der Waals surface area (Å²) in [4.78, 5) is 29.3. The first-order chi connectivity index (χ1) is 13.0. The number of nitrogens with one attached hydrogen (secondary N) is 3. The van der Waals surface area contributed by atoms with Gasteiger partial charge in [0.15, 0.2) is 5.82 Å². The summed E-state index contributed by atoms with van der Waals surface area (Å²) < 4.78 is 4.51. The molecule has 4 rings (SSSR count). The molecule has 1 amide bonds. The number of aromatic nitrogens is 3. The lowest BCUT2D eigenvalue weighted by Crippen LogP contribution is -2.13. The third-order valence-corrected chi connectivity index (χ3v) is 4.03. The number of fused-ring (bicyclic) bond motifs is 1. The predicted molar refractivity (Wildman–Crippen MR) is 97.9 cm³/mol. The molecular formula is C18H12N6O3. The Labute approximate surface area is 151 Å². The fourth-order valence-electron chi connectivity index (χ4n) is 2.76. The van der Waals surface area contributed by atoms with Gasteiger partial charge in [0.25, 0.3) is 5.91 Å². The van der Waals surface area contributed by atoms with Crippen LogP contribution in [-0.4, -0.2) is 21.0 Å². The molecule has 0 saturated heterocycles. The van der Waals surface area contributed by atoms with Gasteiger partial charge in [-0.1, -0.05) is 17.3 Å². The number of rotatable bonds is 3. The molecule has 0 fully saturated rings. The quantitative estimate of drug-likeness (QED) is 0.411. The van der Waals surface area contributed by atoms with Gasteiger partial charge < -0.3 is 16.0 Å². The molecule has 27 heavy (non-hydrogen) atoms. The number of hydrogen-bond donors (Lipinski definition) is 4. The van der Waals surface area contributed by atoms with E-state index in [4.69, 9.17) is 11.0 Å². The van der Waals surface area contributed by atoms with E-state index < -0.39 is 11.7 Å². The SMILES string of the molecule is N#Cc1ccc(NC(=O)c2cc3cccc(N)c3[nH]2)c(-c2noc(=O)[nH]2)c1. The van der Waals surface area contributed by atoms with Crippen molar-refractivity contribution in [2.75, 3.05) is 11.1 Å². The Bertz CT molecular complexity index is 1270. The lowest BCUT2D eigenvalue weighted by atomic mass is 10.1. The minimum atomic E-state index is -0.740. The van der Waals surface area contributed by atoms with Crippen molar-refractivity contribution in [1.82, 2.24) is 15.1 Å². The van der Waals surface area contributed by atoms with Crippen molar-refractivity contribution in [1.29, 1.82) is 5.26 Å². The van der Waals surface area contributed by atoms with Crippen LogP contribution in [0, 0.1) is 11.3 Å². The Kier molecular flexibility index (Phi) is 3.71. The molecule has 0 atom stereocenters. The first kappa shape index (κ1) is 16.2. The van der Waals surface area contributed by atoms with Crippen LogP contribution in [0.15, 0.2) is 51.8 Å². The van der Waals surface area contributed by atoms with Crippen LogP contribution in [0.5, 0.6) is 0 Å². The average Bonchev–Trinajstić information content (AvgIpc) is 3.29. The van der Waals surface area contributed by atoms with Crippen molar-refractivity contribution in [3.63, 3.8) is 0 Å². The van der Waals surface area contributed by atoms with Crippen molar-refractivity contribution in [2.24, 2.45) is 0 Å². The highest BCUT2D eigenvalue weighted by Gasteiger charge is 2.16. The van der Waals surface area contributed by atoms with Gasteiger partial charge in [-0.15, -0.1) is 0 Å². The largest absolute Gasteiger partial charge is 0.439 e. The number of nitrogens with two attached hydrogens (primary N) is 1. The zero-order valence-electron chi connectivity index (χ0n) is 13.7. The highest BCUT2D eigenvalue weighted by molar-refractivity contribution is 6.08. The van der Waals surface area contributed by atoms with Crippen molar-refractivity contribution in [2.45, 2.75) is 0 Å². The minimum Gasteiger partial charge on any atom is -0.397 e. The predicted octanol–water partition coefficient (Wildman–Crippen LogP) is 2.22. The summed E-state index contributed by atoms with van der Waals surface area (Å²) in [6.07, 6.45) is 0. The third kappa shape index (κ3) is 2.91. The monoisotopic (exact) mass is 360 g/mol. The van der Waals surface area contributed by atoms with E-state index in [0.29, 0.717) is 33.7 Å². The number of benzene rings is 2. The topological polar surface area (TPSA) is 154 Å². The van der Waals surface area contributed by atoms with Crippen LogP contribution in [0.3, 0.4) is 0 Å². The highest BCUT2D eigenvalue weighted by Crippen LogP contribution is 2.27. The Morgan fingerprint density at radius 3 is 2.78 bits per heavy atom. The Morgan fingerprint density at radius 2 is 2.07 bits per heavy atom. The van der Waals surface area contributed by atoms with Crippen LogP contribution in [0.4, 0.5) is 11.4 Å². The van der Waals surface area contributed by atoms with E-state index in [9.17, 15) is 9.59 Å². The number of nitriles is 1. The summed E-state index contributed by atoms with van der Waals surface area (Å²) in [6.45, 7) is 0. The van der Waals surface area contributed by atoms with Gasteiger partial charge >= 0.3 is 5.76 Å². The number of hydrogen-bond acceptors (Lipinski definition) is 6. The average molecular weight is 360 g/mol. The van der Waals surface area contributed by atoms with Crippen molar-refractivity contribution < 1.29 is 9.32 Å². The van der Waals surface area contributed by atoms with Crippen LogP contribution in [0.2, 0.25) is 0 Å². The fraction of sp³-hybridized carbons (Fsp3) is 0. The summed E-state index contributed by atoms with van der Waals surface area (Å²) in [5, 5.41) is 16.3. The second-order valence-corrected chi connectivity index (χ2v) is 5.76. The van der Waals surface area contributed by atoms with E-state index >= 15 is 0 Å². The van der Waals surface area contributed by atoms with Gasteiger partial charge in [0.1, 0.15) is 5.69 Å². The maximum Gasteiger partial charge on any atom is 0.439 e. The number of aromatic amines is 2. The lowest BCUT2D eigenvalue weighted by Gasteiger charge is -2.08. The summed E-state index contributed by atoms with van der Waals surface area (Å²) in [5.41, 5.74) is 8.47. The number of nitrogens with zero attached hydrogens (tertiary/aromatic N) is 2. The number of H-pyrrole nitrogens is 2. The summed E-state index contributed by atoms with van der Waals surface area (Å²) in [7, 11) is 0. The fourth-order valence-corrected chi connectivity index (χ4v) is 2.76. The minimum absolute atomic E-state index is 0.105. The number of anilines is 2. The molecule has 0 spiro atoms. The molecule has 0 bridgehead atoms. The van der Waals surface area contributed by atoms with Gasteiger partial charge in [-0.2, -0.15) is 5.26 Å². The molecule has 132 valence electrons. The zero-order valence-corrected chi connectivity index (χ0v) is 13.7. The zero-order chi connectivity index (χ0) is 19.0. The normalized spacial score (nSPS) is 10.6. The Morgan fingerprint density at radius 1 is 1.22 bits per heavy atom. The Balaban J connectivity index is 1.73. The van der Waals surface area contributed by atoms with Gasteiger partial charge in [0, 0.05) is 10.9 Å². The van der Waals surface area contributed by atoms with E-state index in [0.717, 1.165) is 5.39 Å². The molecular weight excluding hydrogens is 348 g/mol.